The van der Waals surface area contributed by atoms with Gasteiger partial charge in [-0.1, -0.05) is 18.2 Å². The molecule has 0 radical (unpaired) electrons. The van der Waals surface area contributed by atoms with Crippen LogP contribution in [0.5, 0.6) is 0 Å². The number of ether oxygens (including phenoxy) is 1. The molecule has 1 aliphatic heterocycles. The Kier molecular flexibility index (Phi) is 3.55. The van der Waals surface area contributed by atoms with Gasteiger partial charge in [0.15, 0.2) is 0 Å². The van der Waals surface area contributed by atoms with E-state index in [2.05, 4.69) is 12.2 Å². The zero-order valence-corrected chi connectivity index (χ0v) is 11.7. The first kappa shape index (κ1) is 13.3. The quantitative estimate of drug-likeness (QED) is 0.916. The van der Waals surface area contributed by atoms with Crippen molar-refractivity contribution in [2.75, 3.05) is 7.05 Å². The lowest BCUT2D eigenvalue weighted by Crippen LogP contribution is -2.12. The Bertz CT molecular complexity index is 639. The third kappa shape index (κ3) is 2.35. The number of rotatable bonds is 3. The summed E-state index contributed by atoms with van der Waals surface area (Å²) in [6.45, 7) is 3.35. The Labute approximate surface area is 118 Å². The van der Waals surface area contributed by atoms with Gasteiger partial charge in [0, 0.05) is 11.6 Å². The van der Waals surface area contributed by atoms with Crippen molar-refractivity contribution in [3.05, 3.63) is 58.9 Å². The summed E-state index contributed by atoms with van der Waals surface area (Å²) >= 11 is 0. The Balaban J connectivity index is 2.04. The summed E-state index contributed by atoms with van der Waals surface area (Å²) in [6.07, 6.45) is 0. The van der Waals surface area contributed by atoms with Gasteiger partial charge in [-0.25, -0.2) is 4.39 Å². The molecule has 2 nitrogen and oxygen atoms in total. The molecular formula is C17H18FNO. The zero-order chi connectivity index (χ0) is 14.1. The summed E-state index contributed by atoms with van der Waals surface area (Å²) in [5, 5.41) is 3.18. The molecule has 0 saturated carbocycles. The molecular weight excluding hydrogens is 253 g/mol. The molecule has 0 bridgehead atoms. The van der Waals surface area contributed by atoms with Gasteiger partial charge in [0.05, 0.1) is 13.2 Å². The average molecular weight is 271 g/mol. The van der Waals surface area contributed by atoms with E-state index in [-0.39, 0.29) is 11.9 Å². The van der Waals surface area contributed by atoms with Gasteiger partial charge in [0.2, 0.25) is 0 Å². The molecule has 1 aliphatic rings. The highest BCUT2D eigenvalue weighted by Crippen LogP contribution is 2.30. The number of halogens is 1. The van der Waals surface area contributed by atoms with Crippen molar-refractivity contribution >= 4 is 0 Å². The smallest absolute Gasteiger partial charge is 0.131 e. The second-order valence-electron chi connectivity index (χ2n) is 5.23. The van der Waals surface area contributed by atoms with Gasteiger partial charge >= 0.3 is 0 Å². The van der Waals surface area contributed by atoms with Crippen LogP contribution in [0.3, 0.4) is 0 Å². The summed E-state index contributed by atoms with van der Waals surface area (Å²) < 4.78 is 19.5. The summed E-state index contributed by atoms with van der Waals surface area (Å²) in [6, 6.07) is 11.5. The fraction of sp³-hybridized carbons (Fsp3) is 0.294. The monoisotopic (exact) mass is 271 g/mol. The normalized spacial score (nSPS) is 15.2. The number of benzene rings is 2. The van der Waals surface area contributed by atoms with Crippen LogP contribution in [-0.4, -0.2) is 7.05 Å². The number of hydrogen-bond donors (Lipinski definition) is 1. The maximum absolute atomic E-state index is 14.1. The summed E-state index contributed by atoms with van der Waals surface area (Å²) in [4.78, 5) is 0. The van der Waals surface area contributed by atoms with E-state index in [0.29, 0.717) is 18.8 Å². The lowest BCUT2D eigenvalue weighted by atomic mass is 9.97. The third-order valence-electron chi connectivity index (χ3n) is 3.96. The summed E-state index contributed by atoms with van der Waals surface area (Å²) in [7, 11) is 1.90. The van der Waals surface area contributed by atoms with Crippen LogP contribution in [0, 0.1) is 5.82 Å². The first-order chi connectivity index (χ1) is 9.69. The molecule has 0 saturated heterocycles. The zero-order valence-electron chi connectivity index (χ0n) is 11.7. The van der Waals surface area contributed by atoms with Crippen molar-refractivity contribution in [3.63, 3.8) is 0 Å². The number of hydrogen-bond acceptors (Lipinski definition) is 2. The first-order valence-corrected chi connectivity index (χ1v) is 6.85. The van der Waals surface area contributed by atoms with Gasteiger partial charge in [-0.05, 0) is 54.4 Å². The standard InChI is InChI=1S/C17H18FNO/c1-11(19-2)12-5-6-17(18)16(8-12)13-3-4-14-9-20-10-15(14)7-13/h3-8,11,19H,9-10H2,1-2H3. The molecule has 1 unspecified atom stereocenters. The number of nitrogens with one attached hydrogen (secondary N) is 1. The lowest BCUT2D eigenvalue weighted by molar-refractivity contribution is 0.134. The predicted molar refractivity (Wildman–Crippen MR) is 77.8 cm³/mol. The molecule has 3 rings (SSSR count). The predicted octanol–water partition coefficient (Wildman–Crippen LogP) is 3.80. The Morgan fingerprint density at radius 1 is 1.10 bits per heavy atom. The molecule has 3 heteroatoms. The van der Waals surface area contributed by atoms with Crippen LogP contribution < -0.4 is 5.32 Å². The minimum absolute atomic E-state index is 0.184. The van der Waals surface area contributed by atoms with Crippen molar-refractivity contribution in [2.45, 2.75) is 26.2 Å². The van der Waals surface area contributed by atoms with Gasteiger partial charge in [-0.2, -0.15) is 0 Å². The lowest BCUT2D eigenvalue weighted by Gasteiger charge is -2.13. The Morgan fingerprint density at radius 3 is 2.70 bits per heavy atom. The fourth-order valence-electron chi connectivity index (χ4n) is 2.54. The summed E-state index contributed by atoms with van der Waals surface area (Å²) in [5.41, 5.74) is 5.01. The second-order valence-corrected chi connectivity index (χ2v) is 5.23. The minimum atomic E-state index is -0.184. The molecule has 104 valence electrons. The van der Waals surface area contributed by atoms with Crippen molar-refractivity contribution in [2.24, 2.45) is 0 Å². The van der Waals surface area contributed by atoms with Gasteiger partial charge in [0.1, 0.15) is 5.82 Å². The van der Waals surface area contributed by atoms with Crippen LogP contribution in [0.25, 0.3) is 11.1 Å². The topological polar surface area (TPSA) is 21.3 Å². The van der Waals surface area contributed by atoms with E-state index in [4.69, 9.17) is 4.74 Å². The SMILES string of the molecule is CNC(C)c1ccc(F)c(-c2ccc3c(c2)COC3)c1. The van der Waals surface area contributed by atoms with Crippen LogP contribution in [0.15, 0.2) is 36.4 Å². The van der Waals surface area contributed by atoms with E-state index in [1.165, 1.54) is 5.56 Å². The van der Waals surface area contributed by atoms with Gasteiger partial charge in [-0.15, -0.1) is 0 Å². The maximum atomic E-state index is 14.1. The van der Waals surface area contributed by atoms with Crippen LogP contribution in [-0.2, 0) is 18.0 Å². The largest absolute Gasteiger partial charge is 0.372 e. The van der Waals surface area contributed by atoms with Gasteiger partial charge in [0.25, 0.3) is 0 Å². The second kappa shape index (κ2) is 5.35. The van der Waals surface area contributed by atoms with Crippen LogP contribution in [0.2, 0.25) is 0 Å². The maximum Gasteiger partial charge on any atom is 0.131 e. The van der Waals surface area contributed by atoms with E-state index >= 15 is 0 Å². The molecule has 2 aromatic rings. The van der Waals surface area contributed by atoms with Crippen molar-refractivity contribution in [1.82, 2.24) is 5.32 Å². The molecule has 0 aliphatic carbocycles. The van der Waals surface area contributed by atoms with Gasteiger partial charge in [-0.3, -0.25) is 0 Å². The van der Waals surface area contributed by atoms with Crippen molar-refractivity contribution in [1.29, 1.82) is 0 Å². The van der Waals surface area contributed by atoms with E-state index < -0.39 is 0 Å². The first-order valence-electron chi connectivity index (χ1n) is 6.85. The van der Waals surface area contributed by atoms with Crippen LogP contribution >= 0.6 is 0 Å². The molecule has 0 amide bonds. The van der Waals surface area contributed by atoms with E-state index in [0.717, 1.165) is 16.7 Å². The highest BCUT2D eigenvalue weighted by Gasteiger charge is 2.14. The molecule has 0 fully saturated rings. The average Bonchev–Trinajstić information content (AvgIpc) is 2.94. The molecule has 0 aromatic heterocycles. The van der Waals surface area contributed by atoms with E-state index in [1.54, 1.807) is 6.07 Å². The van der Waals surface area contributed by atoms with E-state index in [9.17, 15) is 4.39 Å². The van der Waals surface area contributed by atoms with E-state index in [1.807, 2.05) is 37.4 Å². The third-order valence-corrected chi connectivity index (χ3v) is 3.96. The fourth-order valence-corrected chi connectivity index (χ4v) is 2.54. The molecule has 2 aromatic carbocycles. The minimum Gasteiger partial charge on any atom is -0.372 e. The van der Waals surface area contributed by atoms with Gasteiger partial charge < -0.3 is 10.1 Å². The molecule has 1 heterocycles. The molecule has 0 spiro atoms. The van der Waals surface area contributed by atoms with Crippen molar-refractivity contribution in [3.8, 4) is 11.1 Å². The number of fused-ring (bicyclic) bond motifs is 1. The highest BCUT2D eigenvalue weighted by atomic mass is 19.1. The van der Waals surface area contributed by atoms with Crippen molar-refractivity contribution < 1.29 is 9.13 Å². The van der Waals surface area contributed by atoms with Crippen LogP contribution in [0.1, 0.15) is 29.7 Å². The molecule has 20 heavy (non-hydrogen) atoms. The highest BCUT2D eigenvalue weighted by molar-refractivity contribution is 5.66. The molecule has 1 atom stereocenters. The molecule has 1 N–H and O–H groups in total. The summed E-state index contributed by atoms with van der Waals surface area (Å²) in [5.74, 6) is -0.184. The Morgan fingerprint density at radius 2 is 1.90 bits per heavy atom. The Hall–Kier alpha value is -1.71. The van der Waals surface area contributed by atoms with Crippen LogP contribution in [0.4, 0.5) is 4.39 Å².